The fourth-order valence-electron chi connectivity index (χ4n) is 1.18. The van der Waals surface area contributed by atoms with Crippen molar-refractivity contribution in [2.45, 2.75) is 53.2 Å². The molecule has 0 aliphatic carbocycles. The van der Waals surface area contributed by atoms with Gasteiger partial charge in [-0.2, -0.15) is 0 Å². The molecule has 21 heavy (non-hydrogen) atoms. The number of carboxylic acids is 1. The maximum absolute atomic E-state index is 11.7. The van der Waals surface area contributed by atoms with Crippen molar-refractivity contribution in [2.75, 3.05) is 13.2 Å². The van der Waals surface area contributed by atoms with Crippen LogP contribution in [0.3, 0.4) is 0 Å². The largest absolute Gasteiger partial charge is 0.480 e. The van der Waals surface area contributed by atoms with Crippen molar-refractivity contribution in [3.05, 3.63) is 0 Å². The minimum Gasteiger partial charge on any atom is -0.480 e. The van der Waals surface area contributed by atoms with Crippen LogP contribution in [0.25, 0.3) is 0 Å². The zero-order valence-corrected chi connectivity index (χ0v) is 13.6. The molecule has 0 unspecified atom stereocenters. The first-order valence-electron chi connectivity index (χ1n) is 6.77. The predicted octanol–water partition coefficient (Wildman–Crippen LogP) is 0.533. The molecule has 122 valence electrons. The number of carbonyl (C=O) groups is 3. The number of hydrogen-bond acceptors (Lipinski definition) is 4. The van der Waals surface area contributed by atoms with Crippen LogP contribution in [-0.2, 0) is 19.1 Å². The zero-order chi connectivity index (χ0) is 16.8. The van der Waals surface area contributed by atoms with Gasteiger partial charge < -0.3 is 20.5 Å². The molecule has 0 aliphatic heterocycles. The van der Waals surface area contributed by atoms with Crippen LogP contribution >= 0.6 is 0 Å². The monoisotopic (exact) mass is 302 g/mol. The maximum Gasteiger partial charge on any atom is 0.328 e. The van der Waals surface area contributed by atoms with Crippen LogP contribution in [0.15, 0.2) is 0 Å². The summed E-state index contributed by atoms with van der Waals surface area (Å²) in [6.07, 6.45) is 0. The molecule has 0 fully saturated rings. The van der Waals surface area contributed by atoms with E-state index in [1.807, 2.05) is 0 Å². The van der Waals surface area contributed by atoms with Gasteiger partial charge in [0.25, 0.3) is 0 Å². The second-order valence-corrected chi connectivity index (χ2v) is 6.81. The second kappa shape index (κ2) is 7.40. The van der Waals surface area contributed by atoms with Crippen LogP contribution in [0.4, 0.5) is 0 Å². The van der Waals surface area contributed by atoms with Crippen LogP contribution < -0.4 is 10.6 Å². The Balaban J connectivity index is 4.37. The number of ether oxygens (including phenoxy) is 1. The molecule has 7 nitrogen and oxygen atoms in total. The first kappa shape index (κ1) is 19.4. The number of aliphatic carboxylic acids is 1. The van der Waals surface area contributed by atoms with E-state index < -0.39 is 28.9 Å². The summed E-state index contributed by atoms with van der Waals surface area (Å²) in [6.45, 7) is 10.1. The van der Waals surface area contributed by atoms with E-state index in [9.17, 15) is 14.4 Å². The van der Waals surface area contributed by atoms with Gasteiger partial charge in [0.1, 0.15) is 0 Å². The van der Waals surface area contributed by atoms with Crippen LogP contribution in [0.1, 0.15) is 41.5 Å². The van der Waals surface area contributed by atoms with Crippen LogP contribution in [0, 0.1) is 5.41 Å². The topological polar surface area (TPSA) is 105 Å². The number of nitrogens with one attached hydrogen (secondary N) is 2. The Labute approximate surface area is 125 Å². The molecule has 0 heterocycles. The Morgan fingerprint density at radius 3 is 2.00 bits per heavy atom. The van der Waals surface area contributed by atoms with Crippen LogP contribution in [0.2, 0.25) is 0 Å². The maximum atomic E-state index is 11.7. The number of amides is 2. The Morgan fingerprint density at radius 2 is 1.62 bits per heavy atom. The Morgan fingerprint density at radius 1 is 1.10 bits per heavy atom. The van der Waals surface area contributed by atoms with E-state index in [0.717, 1.165) is 0 Å². The van der Waals surface area contributed by atoms with Gasteiger partial charge in [-0.1, -0.05) is 20.8 Å². The van der Waals surface area contributed by atoms with Crippen LogP contribution in [0.5, 0.6) is 0 Å². The molecule has 0 aromatic carbocycles. The van der Waals surface area contributed by atoms with Gasteiger partial charge >= 0.3 is 5.97 Å². The average molecular weight is 302 g/mol. The minimum atomic E-state index is -1.19. The van der Waals surface area contributed by atoms with E-state index in [2.05, 4.69) is 10.6 Å². The summed E-state index contributed by atoms with van der Waals surface area (Å²) in [5, 5.41) is 13.8. The van der Waals surface area contributed by atoms with Crippen molar-refractivity contribution in [2.24, 2.45) is 5.41 Å². The molecule has 0 aromatic rings. The van der Waals surface area contributed by atoms with Crippen molar-refractivity contribution in [1.82, 2.24) is 10.6 Å². The lowest BCUT2D eigenvalue weighted by molar-refractivity contribution is -0.145. The number of carbonyl (C=O) groups excluding carboxylic acids is 2. The van der Waals surface area contributed by atoms with Gasteiger partial charge in [-0.15, -0.1) is 0 Å². The first-order valence-corrected chi connectivity index (χ1v) is 6.77. The van der Waals surface area contributed by atoms with Gasteiger partial charge in [0.2, 0.25) is 11.8 Å². The first-order chi connectivity index (χ1) is 9.33. The number of hydrogen-bond donors (Lipinski definition) is 3. The Bertz CT molecular complexity index is 393. The van der Waals surface area contributed by atoms with Crippen LogP contribution in [-0.4, -0.2) is 47.7 Å². The normalized spacial score (nSPS) is 13.4. The molecule has 1 atom stereocenters. The SMILES string of the molecule is CC(C)(C)OC[C@@H](NC(=O)CNC(=O)C(C)(C)C)C(=O)O. The number of rotatable bonds is 6. The van der Waals surface area contributed by atoms with Crippen molar-refractivity contribution in [3.63, 3.8) is 0 Å². The summed E-state index contributed by atoms with van der Waals surface area (Å²) in [5.41, 5.74) is -1.11. The quantitative estimate of drug-likeness (QED) is 0.664. The fourth-order valence-corrected chi connectivity index (χ4v) is 1.18. The van der Waals surface area contributed by atoms with Crippen molar-refractivity contribution < 1.29 is 24.2 Å². The number of carboxylic acid groups (broad SMARTS) is 1. The molecule has 7 heteroatoms. The molecule has 2 amide bonds. The third-order valence-electron chi connectivity index (χ3n) is 2.41. The van der Waals surface area contributed by atoms with Gasteiger partial charge in [-0.05, 0) is 20.8 Å². The second-order valence-electron chi connectivity index (χ2n) is 6.81. The van der Waals surface area contributed by atoms with E-state index in [4.69, 9.17) is 9.84 Å². The van der Waals surface area contributed by atoms with E-state index >= 15 is 0 Å². The van der Waals surface area contributed by atoms with E-state index in [0.29, 0.717) is 0 Å². The lowest BCUT2D eigenvalue weighted by Crippen LogP contribution is -2.49. The molecule has 0 rings (SSSR count). The molecule has 3 N–H and O–H groups in total. The van der Waals surface area contributed by atoms with E-state index in [1.54, 1.807) is 41.5 Å². The molecule has 0 spiro atoms. The minimum absolute atomic E-state index is 0.141. The highest BCUT2D eigenvalue weighted by atomic mass is 16.5. The summed E-state index contributed by atoms with van der Waals surface area (Å²) < 4.78 is 5.35. The summed E-state index contributed by atoms with van der Waals surface area (Å²) in [5.74, 6) is -2.04. The predicted molar refractivity (Wildman–Crippen MR) is 77.7 cm³/mol. The summed E-state index contributed by atoms with van der Waals surface area (Å²) in [6, 6.07) is -1.15. The Kier molecular flexibility index (Phi) is 6.82. The van der Waals surface area contributed by atoms with Gasteiger partial charge in [0.05, 0.1) is 18.8 Å². The highest BCUT2D eigenvalue weighted by Gasteiger charge is 2.25. The van der Waals surface area contributed by atoms with Gasteiger partial charge in [0.15, 0.2) is 6.04 Å². The Hall–Kier alpha value is -1.63. The molecule has 0 saturated heterocycles. The molecule has 0 radical (unpaired) electrons. The summed E-state index contributed by atoms with van der Waals surface area (Å²) in [4.78, 5) is 34.4. The third kappa shape index (κ3) is 9.01. The smallest absolute Gasteiger partial charge is 0.328 e. The van der Waals surface area contributed by atoms with E-state index in [1.165, 1.54) is 0 Å². The average Bonchev–Trinajstić information content (AvgIpc) is 2.28. The lowest BCUT2D eigenvalue weighted by atomic mass is 9.96. The fraction of sp³-hybridized carbons (Fsp3) is 0.786. The highest BCUT2D eigenvalue weighted by Crippen LogP contribution is 2.12. The van der Waals surface area contributed by atoms with E-state index in [-0.39, 0.29) is 19.1 Å². The van der Waals surface area contributed by atoms with Crippen molar-refractivity contribution >= 4 is 17.8 Å². The van der Waals surface area contributed by atoms with Crippen molar-refractivity contribution in [3.8, 4) is 0 Å². The van der Waals surface area contributed by atoms with Crippen molar-refractivity contribution in [1.29, 1.82) is 0 Å². The third-order valence-corrected chi connectivity index (χ3v) is 2.41. The molecule has 0 aliphatic rings. The van der Waals surface area contributed by atoms with Gasteiger partial charge in [-0.3, -0.25) is 9.59 Å². The summed E-state index contributed by atoms with van der Waals surface area (Å²) in [7, 11) is 0. The summed E-state index contributed by atoms with van der Waals surface area (Å²) >= 11 is 0. The molecular formula is C14H26N2O5. The zero-order valence-electron chi connectivity index (χ0n) is 13.6. The molecule has 0 bridgehead atoms. The standard InChI is InChI=1S/C14H26N2O5/c1-13(2,3)12(20)15-7-10(17)16-9(11(18)19)8-21-14(4,5)6/h9H,7-8H2,1-6H3,(H,15,20)(H,16,17)(H,18,19)/t9-/m1/s1. The molecule has 0 aromatic heterocycles. The highest BCUT2D eigenvalue weighted by molar-refractivity contribution is 5.89. The van der Waals surface area contributed by atoms with Gasteiger partial charge in [0, 0.05) is 5.41 Å². The van der Waals surface area contributed by atoms with Gasteiger partial charge in [-0.25, -0.2) is 4.79 Å². The molecule has 0 saturated carbocycles. The lowest BCUT2D eigenvalue weighted by Gasteiger charge is -2.23. The molecular weight excluding hydrogens is 276 g/mol.